The van der Waals surface area contributed by atoms with Gasteiger partial charge >= 0.3 is 0 Å². The lowest BCUT2D eigenvalue weighted by Crippen LogP contribution is -1.94. The lowest BCUT2D eigenvalue weighted by Gasteiger charge is -2.00. The van der Waals surface area contributed by atoms with Crippen LogP contribution in [0.3, 0.4) is 0 Å². The second-order valence-corrected chi connectivity index (χ2v) is 6.68. The molecule has 0 atom stereocenters. The molecule has 2 aromatic carbocycles. The molecule has 0 radical (unpaired) electrons. The average Bonchev–Trinajstić information content (AvgIpc) is 3.38. The Morgan fingerprint density at radius 1 is 1.00 bits per heavy atom. The van der Waals surface area contributed by atoms with Crippen LogP contribution in [0.25, 0.3) is 33.4 Å². The fourth-order valence-electron chi connectivity index (χ4n) is 3.44. The number of H-pyrrole nitrogens is 1. The Morgan fingerprint density at radius 3 is 2.79 bits per heavy atom. The van der Waals surface area contributed by atoms with Crippen LogP contribution in [0.4, 0.5) is 5.69 Å². The standard InChI is InChI=1S/C21H15N5O3/c27-26(28)18-7-3-4-13-8-10-17(23-20(13)18)21-24-19(25-29-21)11-9-14-12-22-16-6-2-1-5-15(14)16/h1-8,10,12,22H,9,11H2. The Kier molecular flexibility index (Phi) is 4.02. The molecule has 5 rings (SSSR count). The number of nitrogens with one attached hydrogen (secondary N) is 1. The summed E-state index contributed by atoms with van der Waals surface area (Å²) in [6.45, 7) is 0. The van der Waals surface area contributed by atoms with Gasteiger partial charge in [-0.25, -0.2) is 4.98 Å². The van der Waals surface area contributed by atoms with Gasteiger partial charge in [0.05, 0.1) is 4.92 Å². The molecule has 0 fully saturated rings. The zero-order chi connectivity index (χ0) is 19.8. The number of rotatable bonds is 5. The maximum atomic E-state index is 11.3. The number of hydrogen-bond donors (Lipinski definition) is 1. The van der Waals surface area contributed by atoms with Crippen LogP contribution in [0.15, 0.2) is 65.3 Å². The number of nitrogens with zero attached hydrogens (tertiary/aromatic N) is 4. The molecule has 0 spiro atoms. The molecule has 0 aliphatic rings. The highest BCUT2D eigenvalue weighted by atomic mass is 16.6. The fourth-order valence-corrected chi connectivity index (χ4v) is 3.44. The van der Waals surface area contributed by atoms with Crippen molar-refractivity contribution in [2.45, 2.75) is 12.8 Å². The molecule has 3 aromatic heterocycles. The number of aromatic amines is 1. The zero-order valence-corrected chi connectivity index (χ0v) is 15.2. The maximum absolute atomic E-state index is 11.3. The van der Waals surface area contributed by atoms with E-state index < -0.39 is 4.92 Å². The Labute approximate surface area is 164 Å². The van der Waals surface area contributed by atoms with Gasteiger partial charge in [0, 0.05) is 35.0 Å². The maximum Gasteiger partial charge on any atom is 0.295 e. The van der Waals surface area contributed by atoms with Gasteiger partial charge < -0.3 is 9.51 Å². The smallest absolute Gasteiger partial charge is 0.295 e. The fraction of sp³-hybridized carbons (Fsp3) is 0.0952. The van der Waals surface area contributed by atoms with E-state index >= 15 is 0 Å². The van der Waals surface area contributed by atoms with Gasteiger partial charge in [0.25, 0.3) is 11.6 Å². The molecule has 0 aliphatic heterocycles. The summed E-state index contributed by atoms with van der Waals surface area (Å²) < 4.78 is 5.36. The molecule has 0 amide bonds. The predicted octanol–water partition coefficient (Wildman–Crippen LogP) is 4.46. The first-order valence-electron chi connectivity index (χ1n) is 9.11. The van der Waals surface area contributed by atoms with E-state index in [0.717, 1.165) is 11.9 Å². The molecule has 0 aliphatic carbocycles. The van der Waals surface area contributed by atoms with Crippen molar-refractivity contribution >= 4 is 27.5 Å². The van der Waals surface area contributed by atoms with E-state index in [1.807, 2.05) is 24.4 Å². The first-order valence-corrected chi connectivity index (χ1v) is 9.11. The van der Waals surface area contributed by atoms with Crippen LogP contribution < -0.4 is 0 Å². The van der Waals surface area contributed by atoms with Crippen LogP contribution >= 0.6 is 0 Å². The van der Waals surface area contributed by atoms with E-state index in [2.05, 4.69) is 26.2 Å². The number of para-hydroxylation sites is 2. The number of nitro benzene ring substituents is 1. The molecule has 8 nitrogen and oxygen atoms in total. The van der Waals surface area contributed by atoms with Crippen molar-refractivity contribution in [2.75, 3.05) is 0 Å². The van der Waals surface area contributed by atoms with Crippen LogP contribution in [0.5, 0.6) is 0 Å². The van der Waals surface area contributed by atoms with Crippen LogP contribution in [0, 0.1) is 10.1 Å². The molecule has 29 heavy (non-hydrogen) atoms. The van der Waals surface area contributed by atoms with Crippen LogP contribution in [-0.4, -0.2) is 25.0 Å². The zero-order valence-electron chi connectivity index (χ0n) is 15.2. The normalized spacial score (nSPS) is 11.3. The highest BCUT2D eigenvalue weighted by molar-refractivity contribution is 5.88. The van der Waals surface area contributed by atoms with Crippen LogP contribution in [0.2, 0.25) is 0 Å². The Balaban J connectivity index is 1.41. The van der Waals surface area contributed by atoms with Crippen LogP contribution in [0.1, 0.15) is 11.4 Å². The minimum absolute atomic E-state index is 0.0524. The molecule has 1 N–H and O–H groups in total. The highest BCUT2D eigenvalue weighted by Gasteiger charge is 2.16. The van der Waals surface area contributed by atoms with E-state index in [1.165, 1.54) is 17.0 Å². The predicted molar refractivity (Wildman–Crippen MR) is 107 cm³/mol. The van der Waals surface area contributed by atoms with Crippen molar-refractivity contribution in [1.82, 2.24) is 20.1 Å². The number of pyridine rings is 1. The number of non-ortho nitro benzene ring substituents is 1. The average molecular weight is 385 g/mol. The van der Waals surface area contributed by atoms with E-state index in [0.29, 0.717) is 28.8 Å². The Hall–Kier alpha value is -4.07. The van der Waals surface area contributed by atoms with Crippen molar-refractivity contribution in [3.63, 3.8) is 0 Å². The van der Waals surface area contributed by atoms with E-state index in [4.69, 9.17) is 4.52 Å². The summed E-state index contributed by atoms with van der Waals surface area (Å²) in [5, 5.41) is 17.2. The van der Waals surface area contributed by atoms with Gasteiger partial charge in [0.1, 0.15) is 11.2 Å². The highest BCUT2D eigenvalue weighted by Crippen LogP contribution is 2.27. The number of hydrogen-bond acceptors (Lipinski definition) is 6. The third kappa shape index (κ3) is 3.10. The van der Waals surface area contributed by atoms with Crippen LogP contribution in [-0.2, 0) is 12.8 Å². The van der Waals surface area contributed by atoms with Gasteiger partial charge in [-0.05, 0) is 24.1 Å². The quantitative estimate of drug-likeness (QED) is 0.353. The lowest BCUT2D eigenvalue weighted by molar-refractivity contribution is -0.383. The second kappa shape index (κ2) is 6.83. The molecular formula is C21H15N5O3. The number of aromatic nitrogens is 4. The van der Waals surface area contributed by atoms with Gasteiger partial charge in [0.15, 0.2) is 5.82 Å². The molecule has 8 heteroatoms. The van der Waals surface area contributed by atoms with Gasteiger partial charge in [-0.3, -0.25) is 10.1 Å². The number of nitro groups is 1. The minimum atomic E-state index is -0.445. The van der Waals surface area contributed by atoms with E-state index in [-0.39, 0.29) is 11.6 Å². The first kappa shape index (κ1) is 17.1. The van der Waals surface area contributed by atoms with Gasteiger partial charge in [-0.2, -0.15) is 4.98 Å². The van der Waals surface area contributed by atoms with Crippen molar-refractivity contribution in [2.24, 2.45) is 0 Å². The summed E-state index contributed by atoms with van der Waals surface area (Å²) in [5.41, 5.74) is 2.94. The molecule has 5 aromatic rings. The molecule has 0 saturated heterocycles. The summed E-state index contributed by atoms with van der Waals surface area (Å²) in [4.78, 5) is 22.9. The van der Waals surface area contributed by atoms with E-state index in [1.54, 1.807) is 24.3 Å². The first-order chi connectivity index (χ1) is 14.2. The molecule has 0 saturated carbocycles. The van der Waals surface area contributed by atoms with Crippen molar-refractivity contribution in [3.8, 4) is 11.6 Å². The summed E-state index contributed by atoms with van der Waals surface area (Å²) in [6, 6.07) is 16.5. The van der Waals surface area contributed by atoms with Gasteiger partial charge in [-0.1, -0.05) is 41.6 Å². The minimum Gasteiger partial charge on any atom is -0.361 e. The summed E-state index contributed by atoms with van der Waals surface area (Å²) in [7, 11) is 0. The number of benzene rings is 2. The molecular weight excluding hydrogens is 370 g/mol. The third-order valence-corrected chi connectivity index (χ3v) is 4.88. The number of aryl methyl sites for hydroxylation is 2. The summed E-state index contributed by atoms with van der Waals surface area (Å²) >= 11 is 0. The largest absolute Gasteiger partial charge is 0.361 e. The molecule has 142 valence electrons. The van der Waals surface area contributed by atoms with E-state index in [9.17, 15) is 10.1 Å². The SMILES string of the molecule is O=[N+]([O-])c1cccc2ccc(-c3nc(CCc4c[nH]c5ccccc45)no3)nc12. The summed E-state index contributed by atoms with van der Waals surface area (Å²) in [6.07, 6.45) is 3.37. The van der Waals surface area contributed by atoms with Crippen molar-refractivity contribution in [3.05, 3.63) is 82.3 Å². The molecule has 0 bridgehead atoms. The monoisotopic (exact) mass is 385 g/mol. The van der Waals surface area contributed by atoms with Crippen molar-refractivity contribution < 1.29 is 9.45 Å². The second-order valence-electron chi connectivity index (χ2n) is 6.68. The van der Waals surface area contributed by atoms with Gasteiger partial charge in [-0.15, -0.1) is 0 Å². The Morgan fingerprint density at radius 2 is 1.90 bits per heavy atom. The lowest BCUT2D eigenvalue weighted by atomic mass is 10.1. The molecule has 0 unspecified atom stereocenters. The topological polar surface area (TPSA) is 111 Å². The third-order valence-electron chi connectivity index (χ3n) is 4.88. The summed E-state index contributed by atoms with van der Waals surface area (Å²) in [5.74, 6) is 0.814. The Bertz CT molecular complexity index is 1350. The number of fused-ring (bicyclic) bond motifs is 2. The molecule has 3 heterocycles. The van der Waals surface area contributed by atoms with Gasteiger partial charge in [0.2, 0.25) is 0 Å². The van der Waals surface area contributed by atoms with Crippen molar-refractivity contribution in [1.29, 1.82) is 0 Å².